The van der Waals surface area contributed by atoms with Gasteiger partial charge in [-0.2, -0.15) is 0 Å². The zero-order valence-corrected chi connectivity index (χ0v) is 11.2. The predicted molar refractivity (Wildman–Crippen MR) is 73.5 cm³/mol. The number of nitrogens with zero attached hydrogens (tertiary/aromatic N) is 2. The van der Waals surface area contributed by atoms with E-state index in [-0.39, 0.29) is 17.0 Å². The standard InChI is InChI=1S/C7H5BrN4O.C2H6.C2H2/c8-3-1-4-5(10-2-3)6(13)12-7(9)11-4;2*1-2/h1-2H,(H3,9,11,12,13);1-2H3;1-2H. The summed E-state index contributed by atoms with van der Waals surface area (Å²) in [4.78, 5) is 21.5. The van der Waals surface area contributed by atoms with Gasteiger partial charge in [-0.1, -0.05) is 13.8 Å². The van der Waals surface area contributed by atoms with Crippen molar-refractivity contribution < 1.29 is 0 Å². The maximum absolute atomic E-state index is 11.3. The molecule has 17 heavy (non-hydrogen) atoms. The van der Waals surface area contributed by atoms with Crippen molar-refractivity contribution in [1.82, 2.24) is 15.0 Å². The molecule has 90 valence electrons. The number of nitrogens with one attached hydrogen (secondary N) is 1. The van der Waals surface area contributed by atoms with Crippen molar-refractivity contribution in [2.24, 2.45) is 0 Å². The van der Waals surface area contributed by atoms with Gasteiger partial charge in [0.2, 0.25) is 5.95 Å². The summed E-state index contributed by atoms with van der Waals surface area (Å²) in [5, 5.41) is 0. The number of fused-ring (bicyclic) bond motifs is 1. The summed E-state index contributed by atoms with van der Waals surface area (Å²) in [6.07, 6.45) is 9.54. The summed E-state index contributed by atoms with van der Waals surface area (Å²) in [6, 6.07) is 1.69. The van der Waals surface area contributed by atoms with E-state index < -0.39 is 0 Å². The van der Waals surface area contributed by atoms with Crippen LogP contribution in [0.15, 0.2) is 21.5 Å². The minimum absolute atomic E-state index is 0.0948. The molecule has 0 bridgehead atoms. The Labute approximate surface area is 108 Å². The van der Waals surface area contributed by atoms with Gasteiger partial charge in [-0.15, -0.1) is 12.8 Å². The average Bonchev–Trinajstić information content (AvgIpc) is 2.33. The lowest BCUT2D eigenvalue weighted by molar-refractivity contribution is 1.16. The quantitative estimate of drug-likeness (QED) is 0.728. The molecule has 0 fully saturated rings. The van der Waals surface area contributed by atoms with Crippen LogP contribution in [0.4, 0.5) is 5.95 Å². The molecular weight excluding hydrogens is 284 g/mol. The second-order valence-corrected chi connectivity index (χ2v) is 3.39. The maximum atomic E-state index is 11.3. The van der Waals surface area contributed by atoms with Gasteiger partial charge < -0.3 is 5.73 Å². The number of anilines is 1. The molecule has 3 N–H and O–H groups in total. The number of aromatic nitrogens is 3. The van der Waals surface area contributed by atoms with Crippen LogP contribution in [-0.4, -0.2) is 15.0 Å². The first-order chi connectivity index (χ1) is 8.16. The number of halogens is 1. The molecule has 2 heterocycles. The van der Waals surface area contributed by atoms with E-state index in [1.54, 1.807) is 6.07 Å². The molecule has 2 aromatic rings. The van der Waals surface area contributed by atoms with Gasteiger partial charge in [-0.25, -0.2) is 9.97 Å². The Balaban J connectivity index is 0.000000581. The summed E-state index contributed by atoms with van der Waals surface area (Å²) < 4.78 is 0.762. The third-order valence-corrected chi connectivity index (χ3v) is 1.97. The van der Waals surface area contributed by atoms with Gasteiger partial charge in [0.05, 0.1) is 5.52 Å². The highest BCUT2D eigenvalue weighted by molar-refractivity contribution is 9.10. The fourth-order valence-corrected chi connectivity index (χ4v) is 1.34. The van der Waals surface area contributed by atoms with Crippen molar-refractivity contribution in [1.29, 1.82) is 0 Å². The van der Waals surface area contributed by atoms with Crippen LogP contribution in [0.5, 0.6) is 0 Å². The van der Waals surface area contributed by atoms with E-state index >= 15 is 0 Å². The molecule has 0 spiro atoms. The summed E-state index contributed by atoms with van der Waals surface area (Å²) >= 11 is 3.23. The van der Waals surface area contributed by atoms with Crippen LogP contribution in [0.25, 0.3) is 11.0 Å². The molecule has 0 amide bonds. The van der Waals surface area contributed by atoms with E-state index in [0.29, 0.717) is 5.52 Å². The Morgan fingerprint density at radius 2 is 2.00 bits per heavy atom. The predicted octanol–water partition coefficient (Wildman–Crippen LogP) is 1.94. The molecule has 0 saturated carbocycles. The minimum atomic E-state index is -0.324. The van der Waals surface area contributed by atoms with E-state index in [4.69, 9.17) is 5.73 Å². The van der Waals surface area contributed by atoms with Crippen molar-refractivity contribution >= 4 is 32.9 Å². The number of aromatic amines is 1. The number of terminal acetylenes is 1. The van der Waals surface area contributed by atoms with Crippen LogP contribution < -0.4 is 11.3 Å². The fraction of sp³-hybridized carbons (Fsp3) is 0.182. The number of hydrogen-bond acceptors (Lipinski definition) is 4. The lowest BCUT2D eigenvalue weighted by atomic mass is 10.4. The Kier molecular flexibility index (Phi) is 6.60. The maximum Gasteiger partial charge on any atom is 0.278 e. The smallest absolute Gasteiger partial charge is 0.278 e. The van der Waals surface area contributed by atoms with Gasteiger partial charge in [0.1, 0.15) is 0 Å². The Bertz CT molecular complexity index is 557. The third kappa shape index (κ3) is 3.89. The van der Waals surface area contributed by atoms with Crippen LogP contribution in [0.2, 0.25) is 0 Å². The van der Waals surface area contributed by atoms with Gasteiger partial charge >= 0.3 is 0 Å². The highest BCUT2D eigenvalue weighted by Gasteiger charge is 2.02. The molecule has 2 rings (SSSR count). The first-order valence-electron chi connectivity index (χ1n) is 4.81. The van der Waals surface area contributed by atoms with Crippen molar-refractivity contribution in [2.45, 2.75) is 13.8 Å². The van der Waals surface area contributed by atoms with Gasteiger partial charge in [0.15, 0.2) is 5.52 Å². The van der Waals surface area contributed by atoms with Gasteiger partial charge in [0, 0.05) is 10.7 Å². The van der Waals surface area contributed by atoms with Gasteiger partial charge in [-0.3, -0.25) is 9.78 Å². The number of H-pyrrole nitrogens is 1. The second-order valence-electron chi connectivity index (χ2n) is 2.47. The molecule has 0 saturated heterocycles. The molecule has 0 aliphatic rings. The molecular formula is C11H13BrN4O. The first kappa shape index (κ1) is 15.1. The summed E-state index contributed by atoms with van der Waals surface area (Å²) in [7, 11) is 0. The summed E-state index contributed by atoms with van der Waals surface area (Å²) in [6.45, 7) is 4.00. The largest absolute Gasteiger partial charge is 0.369 e. The normalized spacial score (nSPS) is 8.53. The summed E-state index contributed by atoms with van der Waals surface area (Å²) in [5.41, 5.74) is 5.81. The number of nitrogens with two attached hydrogens (primary N) is 1. The van der Waals surface area contributed by atoms with E-state index in [2.05, 4.69) is 43.7 Å². The van der Waals surface area contributed by atoms with Crippen LogP contribution in [0, 0.1) is 12.8 Å². The number of pyridine rings is 1. The highest BCUT2D eigenvalue weighted by Crippen LogP contribution is 2.12. The van der Waals surface area contributed by atoms with Crippen molar-refractivity contribution in [3.63, 3.8) is 0 Å². The van der Waals surface area contributed by atoms with Crippen LogP contribution in [0.1, 0.15) is 13.8 Å². The lowest BCUT2D eigenvalue weighted by Gasteiger charge is -1.97. The second kappa shape index (κ2) is 7.41. The molecule has 2 aromatic heterocycles. The molecule has 0 atom stereocenters. The van der Waals surface area contributed by atoms with Gasteiger partial charge in [0.25, 0.3) is 5.56 Å². The molecule has 0 aliphatic heterocycles. The van der Waals surface area contributed by atoms with E-state index in [9.17, 15) is 4.79 Å². The number of hydrogen-bond donors (Lipinski definition) is 2. The molecule has 6 heteroatoms. The number of rotatable bonds is 0. The van der Waals surface area contributed by atoms with Crippen molar-refractivity contribution in [3.05, 3.63) is 27.1 Å². The topological polar surface area (TPSA) is 84.7 Å². The van der Waals surface area contributed by atoms with E-state index in [0.717, 1.165) is 4.47 Å². The Morgan fingerprint density at radius 1 is 1.41 bits per heavy atom. The van der Waals surface area contributed by atoms with Crippen LogP contribution >= 0.6 is 15.9 Å². The zero-order valence-electron chi connectivity index (χ0n) is 9.57. The lowest BCUT2D eigenvalue weighted by Crippen LogP contribution is -2.12. The summed E-state index contributed by atoms with van der Waals surface area (Å²) in [5.74, 6) is 0.0948. The molecule has 0 radical (unpaired) electrons. The van der Waals surface area contributed by atoms with E-state index in [1.807, 2.05) is 13.8 Å². The van der Waals surface area contributed by atoms with Gasteiger partial charge in [-0.05, 0) is 22.0 Å². The fourth-order valence-electron chi connectivity index (χ4n) is 1.02. The molecule has 0 aliphatic carbocycles. The molecule has 0 aromatic carbocycles. The number of nitrogen functional groups attached to an aromatic ring is 1. The monoisotopic (exact) mass is 296 g/mol. The van der Waals surface area contributed by atoms with E-state index in [1.165, 1.54) is 6.20 Å². The van der Waals surface area contributed by atoms with Crippen LogP contribution in [0.3, 0.4) is 0 Å². The Morgan fingerprint density at radius 3 is 2.59 bits per heavy atom. The third-order valence-electron chi connectivity index (χ3n) is 1.53. The first-order valence-corrected chi connectivity index (χ1v) is 5.60. The molecule has 0 unspecified atom stereocenters. The SMILES string of the molecule is C#C.CC.Nc1nc2cc(Br)cnc2c(=O)[nH]1. The highest BCUT2D eigenvalue weighted by atomic mass is 79.9. The zero-order chi connectivity index (χ0) is 13.4. The van der Waals surface area contributed by atoms with Crippen molar-refractivity contribution in [3.8, 4) is 12.8 Å². The Hall–Kier alpha value is -1.87. The minimum Gasteiger partial charge on any atom is -0.369 e. The van der Waals surface area contributed by atoms with Crippen molar-refractivity contribution in [2.75, 3.05) is 5.73 Å². The van der Waals surface area contributed by atoms with Crippen LogP contribution in [-0.2, 0) is 0 Å². The average molecular weight is 297 g/mol. The molecule has 5 nitrogen and oxygen atoms in total.